The minimum absolute atomic E-state index is 0.0136. The predicted octanol–water partition coefficient (Wildman–Crippen LogP) is 5.93. The number of ketones is 1. The molecule has 1 amide bonds. The molecule has 0 atom stereocenters. The van der Waals surface area contributed by atoms with E-state index >= 15 is 0 Å². The quantitative estimate of drug-likeness (QED) is 0.167. The number of hydrogen-bond donors (Lipinski definition) is 1. The van der Waals surface area contributed by atoms with Crippen LogP contribution in [-0.2, 0) is 16.0 Å². The number of amides is 1. The zero-order valence-electron chi connectivity index (χ0n) is 24.2. The highest BCUT2D eigenvalue weighted by atomic mass is 32.2. The Hall–Kier alpha value is -2.15. The molecule has 0 aliphatic carbocycles. The number of hydrogen-bond acceptors (Lipinski definition) is 4. The standard InChI is InChI=1S/C31H47N3O2S/c1-8-16-34(17-9-2,22-28(35)20-29-24(3)12-10-13-25(29)4)18-19-37-23-33(7)21-30(36)32-31-26(5)14-11-15-27(31)6/h10-15H,8-9,16-23H2,1-7H3/p+1. The summed E-state index contributed by atoms with van der Waals surface area (Å²) in [6.45, 7) is 16.7. The molecule has 6 heteroatoms. The molecule has 0 aromatic heterocycles. The number of nitrogens with one attached hydrogen (secondary N) is 1. The molecule has 0 saturated heterocycles. The van der Waals surface area contributed by atoms with Crippen LogP contribution in [0, 0.1) is 27.7 Å². The Kier molecular flexibility index (Phi) is 12.9. The fourth-order valence-corrected chi connectivity index (χ4v) is 6.28. The van der Waals surface area contributed by atoms with Gasteiger partial charge in [-0.2, -0.15) is 0 Å². The highest BCUT2D eigenvalue weighted by Crippen LogP contribution is 2.20. The maximum Gasteiger partial charge on any atom is 0.238 e. The number of likely N-dealkylation sites (N-methyl/N-ethyl adjacent to an activating group) is 1. The Morgan fingerprint density at radius 2 is 1.41 bits per heavy atom. The van der Waals surface area contributed by atoms with Crippen molar-refractivity contribution in [2.24, 2.45) is 0 Å². The molecule has 0 radical (unpaired) electrons. The predicted molar refractivity (Wildman–Crippen MR) is 159 cm³/mol. The third kappa shape index (κ3) is 9.91. The summed E-state index contributed by atoms with van der Waals surface area (Å²) in [7, 11) is 1.99. The van der Waals surface area contributed by atoms with Gasteiger partial charge < -0.3 is 9.80 Å². The van der Waals surface area contributed by atoms with Gasteiger partial charge in [-0.25, -0.2) is 0 Å². The van der Waals surface area contributed by atoms with Crippen LogP contribution in [0.4, 0.5) is 5.69 Å². The summed E-state index contributed by atoms with van der Waals surface area (Å²) >= 11 is 1.85. The van der Waals surface area contributed by atoms with Crippen LogP contribution in [0.25, 0.3) is 0 Å². The van der Waals surface area contributed by atoms with Gasteiger partial charge in [-0.1, -0.05) is 50.2 Å². The van der Waals surface area contributed by atoms with Gasteiger partial charge in [-0.15, -0.1) is 11.8 Å². The van der Waals surface area contributed by atoms with Crippen molar-refractivity contribution in [2.45, 2.75) is 60.8 Å². The van der Waals surface area contributed by atoms with Gasteiger partial charge in [0, 0.05) is 23.7 Å². The molecule has 5 nitrogen and oxygen atoms in total. The minimum atomic E-state index is 0.0136. The summed E-state index contributed by atoms with van der Waals surface area (Å²) in [5, 5.41) is 3.08. The Balaban J connectivity index is 1.90. The number of aryl methyl sites for hydroxylation is 4. The lowest BCUT2D eigenvalue weighted by Crippen LogP contribution is -2.54. The Labute approximate surface area is 229 Å². The van der Waals surface area contributed by atoms with Crippen LogP contribution >= 0.6 is 11.8 Å². The monoisotopic (exact) mass is 526 g/mol. The normalized spacial score (nSPS) is 11.7. The van der Waals surface area contributed by atoms with Gasteiger partial charge in [0.05, 0.1) is 26.2 Å². The van der Waals surface area contributed by atoms with Crippen LogP contribution in [0.5, 0.6) is 0 Å². The van der Waals surface area contributed by atoms with E-state index < -0.39 is 0 Å². The first-order chi connectivity index (χ1) is 17.6. The fraction of sp³-hybridized carbons (Fsp3) is 0.548. The second-order valence-corrected chi connectivity index (χ2v) is 11.7. The minimum Gasteiger partial charge on any atom is -0.324 e. The lowest BCUT2D eigenvalue weighted by molar-refractivity contribution is -0.918. The summed E-state index contributed by atoms with van der Waals surface area (Å²) in [5.41, 5.74) is 6.68. The lowest BCUT2D eigenvalue weighted by Gasteiger charge is -2.38. The molecule has 204 valence electrons. The average molecular weight is 527 g/mol. The number of carbonyl (C=O) groups excluding carboxylic acids is 2. The van der Waals surface area contributed by atoms with Crippen molar-refractivity contribution in [3.05, 3.63) is 64.2 Å². The first-order valence-electron chi connectivity index (χ1n) is 13.6. The number of benzene rings is 2. The number of anilines is 1. The average Bonchev–Trinajstić information content (AvgIpc) is 2.82. The van der Waals surface area contributed by atoms with Gasteiger partial charge in [-0.05, 0) is 75.4 Å². The molecule has 2 rings (SSSR count). The van der Waals surface area contributed by atoms with E-state index in [4.69, 9.17) is 0 Å². The zero-order chi connectivity index (χ0) is 27.4. The SMILES string of the molecule is CCC[N+](CCC)(CCSCN(C)CC(=O)Nc1c(C)cccc1C)CC(=O)Cc1c(C)cccc1C. The molecule has 0 spiro atoms. The van der Waals surface area contributed by atoms with Crippen molar-refractivity contribution in [1.29, 1.82) is 0 Å². The molecule has 2 aromatic rings. The van der Waals surface area contributed by atoms with Crippen molar-refractivity contribution >= 4 is 29.1 Å². The molecule has 0 unspecified atom stereocenters. The van der Waals surface area contributed by atoms with Crippen molar-refractivity contribution in [3.63, 3.8) is 0 Å². The maximum absolute atomic E-state index is 13.3. The summed E-state index contributed by atoms with van der Waals surface area (Å²) in [5.74, 6) is 2.11. The van der Waals surface area contributed by atoms with Crippen LogP contribution in [0.2, 0.25) is 0 Å². The highest BCUT2D eigenvalue weighted by molar-refractivity contribution is 7.99. The van der Waals surface area contributed by atoms with Crippen LogP contribution < -0.4 is 5.32 Å². The van der Waals surface area contributed by atoms with Gasteiger partial charge in [0.2, 0.25) is 5.91 Å². The largest absolute Gasteiger partial charge is 0.324 e. The highest BCUT2D eigenvalue weighted by Gasteiger charge is 2.29. The van der Waals surface area contributed by atoms with Gasteiger partial charge >= 0.3 is 0 Å². The van der Waals surface area contributed by atoms with Crippen LogP contribution in [0.1, 0.15) is 54.5 Å². The van der Waals surface area contributed by atoms with E-state index in [0.717, 1.165) is 65.4 Å². The van der Waals surface area contributed by atoms with Crippen LogP contribution in [-0.4, -0.2) is 72.5 Å². The molecule has 0 fully saturated rings. The number of quaternary nitrogens is 1. The van der Waals surface area contributed by atoms with Crippen LogP contribution in [0.15, 0.2) is 36.4 Å². The van der Waals surface area contributed by atoms with E-state index in [1.807, 2.05) is 50.9 Å². The lowest BCUT2D eigenvalue weighted by atomic mass is 9.97. The zero-order valence-corrected chi connectivity index (χ0v) is 25.0. The van der Waals surface area contributed by atoms with Gasteiger partial charge in [-0.3, -0.25) is 14.5 Å². The smallest absolute Gasteiger partial charge is 0.238 e. The molecule has 0 bridgehead atoms. The molecule has 0 aliphatic rings. The first-order valence-corrected chi connectivity index (χ1v) is 14.8. The van der Waals surface area contributed by atoms with Crippen molar-refractivity contribution < 1.29 is 14.1 Å². The second-order valence-electron chi connectivity index (χ2n) is 10.6. The van der Waals surface area contributed by atoms with E-state index in [1.165, 1.54) is 16.7 Å². The Morgan fingerprint density at radius 3 is 1.95 bits per heavy atom. The topological polar surface area (TPSA) is 49.4 Å². The summed E-state index contributed by atoms with van der Waals surface area (Å²) < 4.78 is 0.862. The summed E-state index contributed by atoms with van der Waals surface area (Å²) in [6.07, 6.45) is 2.66. The number of nitrogens with zero attached hydrogens (tertiary/aromatic N) is 2. The van der Waals surface area contributed by atoms with Crippen molar-refractivity contribution in [1.82, 2.24) is 4.90 Å². The van der Waals surface area contributed by atoms with E-state index in [-0.39, 0.29) is 5.91 Å². The van der Waals surface area contributed by atoms with Gasteiger partial charge in [0.1, 0.15) is 6.54 Å². The molecule has 2 aromatic carbocycles. The molecular weight excluding hydrogens is 478 g/mol. The third-order valence-electron chi connectivity index (χ3n) is 7.11. The number of thioether (sulfide) groups is 1. The Bertz CT molecular complexity index is 991. The number of carbonyl (C=O) groups is 2. The van der Waals surface area contributed by atoms with Crippen molar-refractivity contribution in [3.8, 4) is 0 Å². The maximum atomic E-state index is 13.3. The van der Waals surface area contributed by atoms with Gasteiger partial charge in [0.15, 0.2) is 5.78 Å². The first kappa shape index (κ1) is 31.1. The number of rotatable bonds is 16. The number of para-hydroxylation sites is 1. The molecule has 1 N–H and O–H groups in total. The third-order valence-corrected chi connectivity index (χ3v) is 8.20. The van der Waals surface area contributed by atoms with E-state index in [9.17, 15) is 9.59 Å². The molecule has 0 heterocycles. The Morgan fingerprint density at radius 1 is 0.865 bits per heavy atom. The van der Waals surface area contributed by atoms with E-state index in [1.54, 1.807) is 0 Å². The van der Waals surface area contributed by atoms with Crippen molar-refractivity contribution in [2.75, 3.05) is 56.7 Å². The summed E-state index contributed by atoms with van der Waals surface area (Å²) in [4.78, 5) is 27.9. The van der Waals surface area contributed by atoms with E-state index in [0.29, 0.717) is 25.3 Å². The fourth-order valence-electron chi connectivity index (χ4n) is 5.24. The number of Topliss-reactive ketones (excluding diaryl/α,β-unsaturated/α-hetero) is 1. The molecule has 37 heavy (non-hydrogen) atoms. The van der Waals surface area contributed by atoms with Crippen LogP contribution in [0.3, 0.4) is 0 Å². The molecular formula is C31H48N3O2S+. The van der Waals surface area contributed by atoms with Gasteiger partial charge in [0.25, 0.3) is 0 Å². The summed E-state index contributed by atoms with van der Waals surface area (Å²) in [6, 6.07) is 12.3. The molecule has 0 saturated carbocycles. The van der Waals surface area contributed by atoms with E-state index in [2.05, 4.69) is 56.1 Å². The molecule has 0 aliphatic heterocycles. The second kappa shape index (κ2) is 15.3.